The zero-order chi connectivity index (χ0) is 17.5. The largest absolute Gasteiger partial charge is 0.444 e. The topological polar surface area (TPSA) is 67.4 Å². The number of carbonyl (C=O) groups is 2. The van der Waals surface area contributed by atoms with Crippen LogP contribution in [0.15, 0.2) is 24.3 Å². The van der Waals surface area contributed by atoms with Crippen molar-refractivity contribution >= 4 is 17.7 Å². The molecule has 0 saturated heterocycles. The lowest BCUT2D eigenvalue weighted by Crippen LogP contribution is -2.45. The van der Waals surface area contributed by atoms with Gasteiger partial charge in [-0.1, -0.05) is 19.8 Å². The van der Waals surface area contributed by atoms with Gasteiger partial charge in [-0.15, -0.1) is 0 Å². The number of nitrogens with one attached hydrogen (secondary N) is 2. The summed E-state index contributed by atoms with van der Waals surface area (Å²) in [6, 6.07) is 4.76. The first-order chi connectivity index (χ1) is 10.7. The molecular formula is C17H25FN2O3. The van der Waals surface area contributed by atoms with Gasteiger partial charge >= 0.3 is 6.09 Å². The number of unbranched alkanes of at least 4 members (excludes halogenated alkanes) is 1. The molecule has 0 radical (unpaired) electrons. The van der Waals surface area contributed by atoms with E-state index >= 15 is 0 Å². The third-order valence-corrected chi connectivity index (χ3v) is 2.97. The second kappa shape index (κ2) is 8.50. The molecule has 2 N–H and O–H groups in total. The predicted octanol–water partition coefficient (Wildman–Crippen LogP) is 3.85. The molecule has 2 amide bonds. The van der Waals surface area contributed by atoms with Crippen LogP contribution in [0, 0.1) is 5.82 Å². The second-order valence-corrected chi connectivity index (χ2v) is 6.34. The number of rotatable bonds is 6. The molecule has 1 unspecified atom stereocenters. The number of alkyl carbamates (subject to hydrolysis) is 1. The Morgan fingerprint density at radius 1 is 1.22 bits per heavy atom. The third kappa shape index (κ3) is 7.63. The third-order valence-electron chi connectivity index (χ3n) is 2.97. The standard InChI is InChI=1S/C17H25FN2O3/c1-5-6-7-14(20-16(22)23-17(2,3)4)15(21)19-13-10-8-12(18)9-11-13/h8-11,14H,5-7H2,1-4H3,(H,19,21)(H,20,22). The van der Waals surface area contributed by atoms with Crippen molar-refractivity contribution in [1.29, 1.82) is 0 Å². The van der Waals surface area contributed by atoms with Crippen molar-refractivity contribution in [1.82, 2.24) is 5.32 Å². The van der Waals surface area contributed by atoms with Crippen molar-refractivity contribution in [2.24, 2.45) is 0 Å². The SMILES string of the molecule is CCCCC(NC(=O)OC(C)(C)C)C(=O)Nc1ccc(F)cc1. The van der Waals surface area contributed by atoms with E-state index in [0.717, 1.165) is 12.8 Å². The molecule has 0 aliphatic rings. The summed E-state index contributed by atoms with van der Waals surface area (Å²) in [6.07, 6.45) is 1.56. The Balaban J connectivity index is 2.69. The van der Waals surface area contributed by atoms with Gasteiger partial charge in [-0.3, -0.25) is 4.79 Å². The van der Waals surface area contributed by atoms with E-state index in [9.17, 15) is 14.0 Å². The molecule has 128 valence electrons. The predicted molar refractivity (Wildman–Crippen MR) is 87.7 cm³/mol. The van der Waals surface area contributed by atoms with Crippen LogP contribution in [0.25, 0.3) is 0 Å². The molecule has 1 aromatic carbocycles. The van der Waals surface area contributed by atoms with E-state index in [2.05, 4.69) is 10.6 Å². The number of anilines is 1. The van der Waals surface area contributed by atoms with Crippen LogP contribution in [0.2, 0.25) is 0 Å². The molecular weight excluding hydrogens is 299 g/mol. The van der Waals surface area contributed by atoms with Crippen LogP contribution in [0.1, 0.15) is 47.0 Å². The fourth-order valence-corrected chi connectivity index (χ4v) is 1.89. The van der Waals surface area contributed by atoms with Gasteiger partial charge in [0, 0.05) is 5.69 Å². The smallest absolute Gasteiger partial charge is 0.408 e. The number of hydrogen-bond acceptors (Lipinski definition) is 3. The Hall–Kier alpha value is -2.11. The molecule has 1 rings (SSSR count). The summed E-state index contributed by atoms with van der Waals surface area (Å²) in [5.41, 5.74) is -0.156. The number of amides is 2. The number of hydrogen-bond donors (Lipinski definition) is 2. The molecule has 6 heteroatoms. The maximum atomic E-state index is 12.9. The summed E-state index contributed by atoms with van der Waals surface area (Å²) in [5, 5.41) is 5.26. The van der Waals surface area contributed by atoms with Crippen molar-refractivity contribution in [2.75, 3.05) is 5.32 Å². The quantitative estimate of drug-likeness (QED) is 0.835. The Labute approximate surface area is 136 Å². The molecule has 5 nitrogen and oxygen atoms in total. The van der Waals surface area contributed by atoms with Gasteiger partial charge in [0.2, 0.25) is 5.91 Å². The highest BCUT2D eigenvalue weighted by Crippen LogP contribution is 2.12. The molecule has 0 aliphatic heterocycles. The monoisotopic (exact) mass is 324 g/mol. The van der Waals surface area contributed by atoms with E-state index in [1.807, 2.05) is 6.92 Å². The molecule has 23 heavy (non-hydrogen) atoms. The summed E-state index contributed by atoms with van der Waals surface area (Å²) in [6.45, 7) is 7.27. The first kappa shape index (κ1) is 18.9. The van der Waals surface area contributed by atoms with Gasteiger partial charge in [-0.25, -0.2) is 9.18 Å². The Bertz CT molecular complexity index is 524. The number of benzene rings is 1. The average molecular weight is 324 g/mol. The fourth-order valence-electron chi connectivity index (χ4n) is 1.89. The normalized spacial score (nSPS) is 12.4. The lowest BCUT2D eigenvalue weighted by Gasteiger charge is -2.23. The zero-order valence-electron chi connectivity index (χ0n) is 14.1. The highest BCUT2D eigenvalue weighted by Gasteiger charge is 2.24. The van der Waals surface area contributed by atoms with Crippen LogP contribution in [-0.2, 0) is 9.53 Å². The molecule has 0 saturated carbocycles. The molecule has 1 aromatic rings. The molecule has 1 atom stereocenters. The fraction of sp³-hybridized carbons (Fsp3) is 0.529. The van der Waals surface area contributed by atoms with Crippen LogP contribution in [-0.4, -0.2) is 23.6 Å². The van der Waals surface area contributed by atoms with Crippen LogP contribution in [0.4, 0.5) is 14.9 Å². The van der Waals surface area contributed by atoms with Crippen molar-refractivity contribution in [3.63, 3.8) is 0 Å². The molecule has 0 heterocycles. The van der Waals surface area contributed by atoms with E-state index in [-0.39, 0.29) is 11.7 Å². The van der Waals surface area contributed by atoms with E-state index in [0.29, 0.717) is 12.1 Å². The Morgan fingerprint density at radius 3 is 2.35 bits per heavy atom. The number of halogens is 1. The Morgan fingerprint density at radius 2 is 1.83 bits per heavy atom. The Kier molecular flexibility index (Phi) is 7.00. The van der Waals surface area contributed by atoms with E-state index in [1.54, 1.807) is 20.8 Å². The minimum Gasteiger partial charge on any atom is -0.444 e. The van der Waals surface area contributed by atoms with Gasteiger partial charge < -0.3 is 15.4 Å². The zero-order valence-corrected chi connectivity index (χ0v) is 14.1. The minimum atomic E-state index is -0.699. The van der Waals surface area contributed by atoms with Gasteiger partial charge in [0.15, 0.2) is 0 Å². The van der Waals surface area contributed by atoms with Crippen molar-refractivity contribution in [2.45, 2.75) is 58.6 Å². The van der Waals surface area contributed by atoms with Gasteiger partial charge in [-0.2, -0.15) is 0 Å². The van der Waals surface area contributed by atoms with Crippen molar-refractivity contribution in [3.8, 4) is 0 Å². The maximum absolute atomic E-state index is 12.9. The summed E-state index contributed by atoms with van der Waals surface area (Å²) >= 11 is 0. The molecule has 0 bridgehead atoms. The van der Waals surface area contributed by atoms with Crippen molar-refractivity contribution < 1.29 is 18.7 Å². The van der Waals surface area contributed by atoms with E-state index in [1.165, 1.54) is 24.3 Å². The van der Waals surface area contributed by atoms with Gasteiger partial charge in [0.1, 0.15) is 17.5 Å². The van der Waals surface area contributed by atoms with Crippen LogP contribution in [0.5, 0.6) is 0 Å². The first-order valence-electron chi connectivity index (χ1n) is 7.77. The molecule has 0 aromatic heterocycles. The first-order valence-corrected chi connectivity index (χ1v) is 7.77. The van der Waals surface area contributed by atoms with E-state index < -0.39 is 17.7 Å². The number of carbonyl (C=O) groups excluding carboxylic acids is 2. The minimum absolute atomic E-state index is 0.351. The van der Waals surface area contributed by atoms with Crippen LogP contribution < -0.4 is 10.6 Å². The van der Waals surface area contributed by atoms with Gasteiger partial charge in [0.25, 0.3) is 0 Å². The van der Waals surface area contributed by atoms with Crippen molar-refractivity contribution in [3.05, 3.63) is 30.1 Å². The van der Waals surface area contributed by atoms with Crippen LogP contribution in [0.3, 0.4) is 0 Å². The second-order valence-electron chi connectivity index (χ2n) is 6.34. The highest BCUT2D eigenvalue weighted by molar-refractivity contribution is 5.96. The average Bonchev–Trinajstić information content (AvgIpc) is 2.43. The van der Waals surface area contributed by atoms with E-state index in [4.69, 9.17) is 4.74 Å². The highest BCUT2D eigenvalue weighted by atomic mass is 19.1. The maximum Gasteiger partial charge on any atom is 0.408 e. The summed E-state index contributed by atoms with van der Waals surface area (Å²) in [5.74, 6) is -0.728. The van der Waals surface area contributed by atoms with Gasteiger partial charge in [-0.05, 0) is 51.5 Å². The summed E-state index contributed by atoms with van der Waals surface area (Å²) in [7, 11) is 0. The lowest BCUT2D eigenvalue weighted by molar-refractivity contribution is -0.118. The summed E-state index contributed by atoms with van der Waals surface area (Å²) in [4.78, 5) is 24.2. The summed E-state index contributed by atoms with van der Waals surface area (Å²) < 4.78 is 18.1. The molecule has 0 spiro atoms. The lowest BCUT2D eigenvalue weighted by atomic mass is 10.1. The van der Waals surface area contributed by atoms with Gasteiger partial charge in [0.05, 0.1) is 0 Å². The molecule has 0 fully saturated rings. The number of ether oxygens (including phenoxy) is 1. The molecule has 0 aliphatic carbocycles. The van der Waals surface area contributed by atoms with Crippen LogP contribution >= 0.6 is 0 Å².